The predicted octanol–water partition coefficient (Wildman–Crippen LogP) is 12.3. The number of fused-ring (bicyclic) bond motifs is 8. The first-order chi connectivity index (χ1) is 24.7. The monoisotopic (exact) mass is 664 g/mol. The van der Waals surface area contributed by atoms with E-state index in [0.717, 1.165) is 55.3 Å². The van der Waals surface area contributed by atoms with Gasteiger partial charge in [0, 0.05) is 33.0 Å². The molecule has 0 saturated carbocycles. The van der Waals surface area contributed by atoms with Crippen LogP contribution in [0.25, 0.3) is 82.8 Å². The van der Waals surface area contributed by atoms with Gasteiger partial charge in [-0.2, -0.15) is 4.57 Å². The Bertz CT molecular complexity index is 2810. The van der Waals surface area contributed by atoms with Gasteiger partial charge in [-0.1, -0.05) is 113 Å². The second-order valence-electron chi connectivity index (χ2n) is 14.7. The van der Waals surface area contributed by atoms with Crippen molar-refractivity contribution in [3.63, 3.8) is 0 Å². The average molecular weight is 665 g/mol. The molecule has 4 heteroatoms. The summed E-state index contributed by atoms with van der Waals surface area (Å²) in [5.74, 6) is 1.69. The van der Waals surface area contributed by atoms with Gasteiger partial charge in [-0.25, -0.2) is 4.57 Å². The fourth-order valence-electron chi connectivity index (χ4n) is 8.31. The summed E-state index contributed by atoms with van der Waals surface area (Å²) < 4.78 is 12.1. The molecule has 0 N–H and O–H groups in total. The van der Waals surface area contributed by atoms with Crippen LogP contribution in [0.15, 0.2) is 120 Å². The Labute approximate surface area is 298 Å². The molecule has 9 aromatic rings. The normalized spacial score (nSPS) is 12.2. The number of aryl methyl sites for hydroxylation is 3. The molecule has 6 aromatic carbocycles. The minimum Gasteiger partial charge on any atom is -0.454 e. The van der Waals surface area contributed by atoms with Crippen LogP contribution in [-0.2, 0) is 7.05 Å². The lowest BCUT2D eigenvalue weighted by Gasteiger charge is -2.21. The van der Waals surface area contributed by atoms with Crippen molar-refractivity contribution in [2.45, 2.75) is 53.4 Å². The summed E-state index contributed by atoms with van der Waals surface area (Å²) in [7, 11) is 2.20. The van der Waals surface area contributed by atoms with Gasteiger partial charge >= 0.3 is 0 Å². The van der Waals surface area contributed by atoms with Gasteiger partial charge in [0.1, 0.15) is 16.8 Å². The molecule has 0 aliphatic heterocycles. The molecule has 0 unspecified atom stereocenters. The Morgan fingerprint density at radius 1 is 0.647 bits per heavy atom. The number of hydrogen-bond acceptors (Lipinski definition) is 2. The van der Waals surface area contributed by atoms with Crippen LogP contribution in [0.1, 0.15) is 61.9 Å². The zero-order chi connectivity index (χ0) is 35.1. The molecule has 0 spiro atoms. The van der Waals surface area contributed by atoms with Crippen molar-refractivity contribution in [3.8, 4) is 28.2 Å². The Kier molecular flexibility index (Phi) is 7.15. The van der Waals surface area contributed by atoms with Gasteiger partial charge in [-0.3, -0.25) is 4.98 Å². The van der Waals surface area contributed by atoms with Crippen molar-refractivity contribution in [3.05, 3.63) is 138 Å². The molecule has 0 bridgehead atoms. The SMILES string of the molecule is Cc1ccc2c(oc3c4ccc5ccccc5c4nc(C)c23)c1-c1n(-c2c(C(C)C)cc(-c3ccccc3)cc2C(C)C)c2ccccc2[n+]1C. The zero-order valence-corrected chi connectivity index (χ0v) is 30.4. The van der Waals surface area contributed by atoms with E-state index in [4.69, 9.17) is 9.40 Å². The predicted molar refractivity (Wildman–Crippen MR) is 213 cm³/mol. The van der Waals surface area contributed by atoms with E-state index in [2.05, 4.69) is 173 Å². The van der Waals surface area contributed by atoms with Crippen molar-refractivity contribution >= 4 is 54.6 Å². The highest BCUT2D eigenvalue weighted by molar-refractivity contribution is 6.21. The number of nitrogens with zero attached hydrogens (tertiary/aromatic N) is 3. The lowest BCUT2D eigenvalue weighted by Crippen LogP contribution is -2.30. The third-order valence-electron chi connectivity index (χ3n) is 10.8. The molecule has 0 radical (unpaired) electrons. The van der Waals surface area contributed by atoms with Gasteiger partial charge in [0.25, 0.3) is 5.82 Å². The first-order valence-electron chi connectivity index (χ1n) is 18.1. The molecule has 3 heterocycles. The number of imidazole rings is 1. The van der Waals surface area contributed by atoms with Crippen LogP contribution in [0.3, 0.4) is 0 Å². The molecule has 0 aliphatic rings. The van der Waals surface area contributed by atoms with Crippen LogP contribution < -0.4 is 4.57 Å². The van der Waals surface area contributed by atoms with Crippen LogP contribution in [0.4, 0.5) is 0 Å². The summed E-state index contributed by atoms with van der Waals surface area (Å²) in [5.41, 5.74) is 14.8. The Morgan fingerprint density at radius 3 is 2.06 bits per heavy atom. The number of rotatable bonds is 5. The van der Waals surface area contributed by atoms with E-state index in [9.17, 15) is 0 Å². The maximum Gasteiger partial charge on any atom is 0.299 e. The van der Waals surface area contributed by atoms with Crippen LogP contribution in [0, 0.1) is 13.8 Å². The third kappa shape index (κ3) is 4.66. The Balaban J connectivity index is 1.42. The smallest absolute Gasteiger partial charge is 0.299 e. The van der Waals surface area contributed by atoms with Gasteiger partial charge in [-0.15, -0.1) is 0 Å². The minimum atomic E-state index is 0.290. The second kappa shape index (κ2) is 11.7. The van der Waals surface area contributed by atoms with Crippen LogP contribution >= 0.6 is 0 Å². The largest absolute Gasteiger partial charge is 0.454 e. The number of hydrogen-bond donors (Lipinski definition) is 0. The standard InChI is InChI=1S/C47H42N3O/c1-27(2)37-25-33(31-15-9-8-10-16-31)26-38(28(3)4)44(37)50-40-20-14-13-19-39(40)49(7)47(50)41-29(5)21-23-35-42-30(6)48-43-34-18-12-11-17-32(34)22-24-36(43)46(42)51-45(35)41/h8-28H,1-7H3/q+1. The molecule has 3 aromatic heterocycles. The zero-order valence-electron chi connectivity index (χ0n) is 30.4. The Morgan fingerprint density at radius 2 is 1.31 bits per heavy atom. The molecule has 250 valence electrons. The summed E-state index contributed by atoms with van der Waals surface area (Å²) in [6.45, 7) is 13.6. The molecule has 4 nitrogen and oxygen atoms in total. The van der Waals surface area contributed by atoms with Crippen molar-refractivity contribution in [2.75, 3.05) is 0 Å². The van der Waals surface area contributed by atoms with Crippen molar-refractivity contribution in [1.29, 1.82) is 0 Å². The number of para-hydroxylation sites is 2. The fourth-order valence-corrected chi connectivity index (χ4v) is 8.31. The van der Waals surface area contributed by atoms with Crippen molar-refractivity contribution < 1.29 is 8.98 Å². The van der Waals surface area contributed by atoms with E-state index < -0.39 is 0 Å². The molecular formula is C47H42N3O+. The first kappa shape index (κ1) is 31.3. The molecule has 9 rings (SSSR count). The maximum atomic E-state index is 7.17. The van der Waals surface area contributed by atoms with Gasteiger partial charge < -0.3 is 4.42 Å². The van der Waals surface area contributed by atoms with E-state index in [-0.39, 0.29) is 0 Å². The molecule has 0 saturated heterocycles. The molecule has 0 aliphatic carbocycles. The van der Waals surface area contributed by atoms with E-state index in [1.807, 2.05) is 0 Å². The van der Waals surface area contributed by atoms with E-state index >= 15 is 0 Å². The quantitative estimate of drug-likeness (QED) is 0.136. The van der Waals surface area contributed by atoms with Crippen LogP contribution in [0.5, 0.6) is 0 Å². The van der Waals surface area contributed by atoms with Crippen LogP contribution in [-0.4, -0.2) is 9.55 Å². The number of furan rings is 1. The Hall–Kier alpha value is -5.74. The minimum absolute atomic E-state index is 0.290. The molecule has 0 amide bonds. The van der Waals surface area contributed by atoms with E-state index in [1.54, 1.807) is 0 Å². The third-order valence-corrected chi connectivity index (χ3v) is 10.8. The highest BCUT2D eigenvalue weighted by Gasteiger charge is 2.34. The maximum absolute atomic E-state index is 7.17. The lowest BCUT2D eigenvalue weighted by molar-refractivity contribution is -0.633. The van der Waals surface area contributed by atoms with E-state index in [1.165, 1.54) is 49.9 Å². The number of pyridine rings is 1. The molecule has 0 fully saturated rings. The highest BCUT2D eigenvalue weighted by atomic mass is 16.3. The van der Waals surface area contributed by atoms with Gasteiger partial charge in [0.15, 0.2) is 16.6 Å². The van der Waals surface area contributed by atoms with Gasteiger partial charge in [0.2, 0.25) is 0 Å². The molecule has 0 atom stereocenters. The summed E-state index contributed by atoms with van der Waals surface area (Å²) in [4.78, 5) is 5.22. The topological polar surface area (TPSA) is 34.8 Å². The lowest BCUT2D eigenvalue weighted by atomic mass is 9.88. The van der Waals surface area contributed by atoms with Crippen LogP contribution in [0.2, 0.25) is 0 Å². The summed E-state index contributed by atoms with van der Waals surface area (Å²) >= 11 is 0. The highest BCUT2D eigenvalue weighted by Crippen LogP contribution is 2.45. The van der Waals surface area contributed by atoms with Gasteiger partial charge in [0.05, 0.1) is 18.0 Å². The number of aromatic nitrogens is 3. The first-order valence-corrected chi connectivity index (χ1v) is 18.1. The average Bonchev–Trinajstić information content (AvgIpc) is 3.67. The van der Waals surface area contributed by atoms with Crippen molar-refractivity contribution in [1.82, 2.24) is 9.55 Å². The van der Waals surface area contributed by atoms with E-state index in [0.29, 0.717) is 11.8 Å². The summed E-state index contributed by atoms with van der Waals surface area (Å²) in [6, 6.07) is 41.7. The fraction of sp³-hybridized carbons (Fsp3) is 0.191. The van der Waals surface area contributed by atoms with Crippen molar-refractivity contribution in [2.24, 2.45) is 7.05 Å². The van der Waals surface area contributed by atoms with Gasteiger partial charge in [-0.05, 0) is 78.1 Å². The second-order valence-corrected chi connectivity index (χ2v) is 14.7. The molecule has 51 heavy (non-hydrogen) atoms. The summed E-state index contributed by atoms with van der Waals surface area (Å²) in [5, 5.41) is 5.54. The summed E-state index contributed by atoms with van der Waals surface area (Å²) in [6.07, 6.45) is 0. The molecular weight excluding hydrogens is 623 g/mol. The number of benzene rings is 6.